The van der Waals surface area contributed by atoms with Crippen molar-refractivity contribution in [2.75, 3.05) is 20.1 Å². The van der Waals surface area contributed by atoms with Crippen LogP contribution >= 0.6 is 0 Å². The molecular weight excluding hydrogens is 152 g/mol. The number of hydrogen-bond acceptors (Lipinski definition) is 3. The van der Waals surface area contributed by atoms with Gasteiger partial charge in [-0.15, -0.1) is 0 Å². The Labute approximate surface area is 75.3 Å². The number of hydrogen-bond donors (Lipinski definition) is 2. The van der Waals surface area contributed by atoms with Crippen molar-refractivity contribution >= 4 is 0 Å². The van der Waals surface area contributed by atoms with Gasteiger partial charge in [-0.05, 0) is 52.2 Å². The smallest absolute Gasteiger partial charge is 0.0540 e. The Morgan fingerprint density at radius 2 is 1.50 bits per heavy atom. The van der Waals surface area contributed by atoms with Gasteiger partial charge in [0.1, 0.15) is 0 Å². The lowest BCUT2D eigenvalue weighted by Crippen LogP contribution is -2.15. The van der Waals surface area contributed by atoms with E-state index in [1.54, 1.807) is 0 Å². The molecule has 12 heavy (non-hydrogen) atoms. The lowest BCUT2D eigenvalue weighted by molar-refractivity contribution is 0.0950. The maximum atomic E-state index is 8.45. The predicted octanol–water partition coefficient (Wildman–Crippen LogP) is 1.41. The molecule has 1 heterocycles. The number of rotatable bonds is 0. The van der Waals surface area contributed by atoms with Gasteiger partial charge in [-0.3, -0.25) is 0 Å². The highest BCUT2D eigenvalue weighted by Gasteiger charge is 2.11. The lowest BCUT2D eigenvalue weighted by atomic mass is 9.97. The van der Waals surface area contributed by atoms with Crippen LogP contribution in [0.2, 0.25) is 0 Å². The highest BCUT2D eigenvalue weighted by molar-refractivity contribution is 4.65. The molecule has 0 amide bonds. The lowest BCUT2D eigenvalue weighted by Gasteiger charge is -2.17. The Morgan fingerprint density at radius 3 is 1.58 bits per heavy atom. The molecule has 1 saturated heterocycles. The van der Waals surface area contributed by atoms with Crippen molar-refractivity contribution in [1.82, 2.24) is 11.1 Å². The first-order chi connectivity index (χ1) is 5.29. The van der Waals surface area contributed by atoms with Crippen LogP contribution in [0.3, 0.4) is 0 Å². The molecule has 0 spiro atoms. The first-order valence-corrected chi connectivity index (χ1v) is 4.65. The Morgan fingerprint density at radius 1 is 1.08 bits per heavy atom. The predicted molar refractivity (Wildman–Crippen MR) is 51.6 cm³/mol. The van der Waals surface area contributed by atoms with E-state index in [0.29, 0.717) is 0 Å². The molecule has 0 aromatic heterocycles. The summed E-state index contributed by atoms with van der Waals surface area (Å²) in [7, 11) is 2.17. The normalized spacial score (nSPS) is 23.5. The SMILES string of the molecule is CN1CCCC1.N.OC1CCC1. The minimum Gasteiger partial charge on any atom is -0.393 e. The molecule has 2 fully saturated rings. The summed E-state index contributed by atoms with van der Waals surface area (Å²) in [6, 6.07) is 0. The van der Waals surface area contributed by atoms with Crippen molar-refractivity contribution < 1.29 is 5.11 Å². The molecule has 0 aromatic carbocycles. The number of nitrogens with zero attached hydrogens (tertiary/aromatic N) is 1. The molecule has 0 unspecified atom stereocenters. The molecule has 4 N–H and O–H groups in total. The Hall–Kier alpha value is -0.120. The van der Waals surface area contributed by atoms with Crippen molar-refractivity contribution in [2.45, 2.75) is 38.2 Å². The van der Waals surface area contributed by atoms with Crippen LogP contribution in [0.4, 0.5) is 0 Å². The molecule has 0 aromatic rings. The second-order valence-electron chi connectivity index (χ2n) is 3.60. The molecule has 0 atom stereocenters. The fourth-order valence-electron chi connectivity index (χ4n) is 1.26. The van der Waals surface area contributed by atoms with E-state index in [1.807, 2.05) is 0 Å². The van der Waals surface area contributed by atoms with E-state index in [-0.39, 0.29) is 12.3 Å². The first kappa shape index (κ1) is 11.9. The highest BCUT2D eigenvalue weighted by Crippen LogP contribution is 2.16. The average molecular weight is 174 g/mol. The molecule has 1 aliphatic carbocycles. The van der Waals surface area contributed by atoms with E-state index in [0.717, 1.165) is 12.8 Å². The van der Waals surface area contributed by atoms with E-state index in [4.69, 9.17) is 5.11 Å². The third kappa shape index (κ3) is 4.70. The summed E-state index contributed by atoms with van der Waals surface area (Å²) in [5, 5.41) is 8.45. The topological polar surface area (TPSA) is 58.5 Å². The van der Waals surface area contributed by atoms with Crippen LogP contribution in [0.5, 0.6) is 0 Å². The van der Waals surface area contributed by atoms with E-state index >= 15 is 0 Å². The highest BCUT2D eigenvalue weighted by atomic mass is 16.3. The van der Waals surface area contributed by atoms with Crippen LogP contribution in [0.1, 0.15) is 32.1 Å². The van der Waals surface area contributed by atoms with E-state index in [2.05, 4.69) is 11.9 Å². The van der Waals surface area contributed by atoms with E-state index in [9.17, 15) is 0 Å². The van der Waals surface area contributed by atoms with Crippen LogP contribution in [0.25, 0.3) is 0 Å². The van der Waals surface area contributed by atoms with Crippen molar-refractivity contribution in [2.24, 2.45) is 0 Å². The summed E-state index contributed by atoms with van der Waals surface area (Å²) in [4.78, 5) is 2.36. The zero-order valence-corrected chi connectivity index (χ0v) is 8.13. The van der Waals surface area contributed by atoms with E-state index in [1.165, 1.54) is 32.4 Å². The molecule has 0 radical (unpaired) electrons. The first-order valence-electron chi connectivity index (χ1n) is 4.65. The standard InChI is InChI=1S/C5H11N.C4H8O.H3N/c1-6-4-2-3-5-6;5-4-2-1-3-4;/h2-5H2,1H3;4-5H,1-3H2;1H3. The number of aliphatic hydroxyl groups is 1. The summed E-state index contributed by atoms with van der Waals surface area (Å²) >= 11 is 0. The molecular formula is C9H22N2O. The second kappa shape index (κ2) is 6.40. The Bertz CT molecular complexity index is 98.7. The van der Waals surface area contributed by atoms with Gasteiger partial charge in [-0.2, -0.15) is 0 Å². The minimum atomic E-state index is 0. The quantitative estimate of drug-likeness (QED) is 0.583. The molecule has 0 bridgehead atoms. The monoisotopic (exact) mass is 174 g/mol. The van der Waals surface area contributed by atoms with Crippen LogP contribution in [0, 0.1) is 0 Å². The van der Waals surface area contributed by atoms with Crippen LogP contribution in [-0.2, 0) is 0 Å². The molecule has 1 saturated carbocycles. The fourth-order valence-corrected chi connectivity index (χ4v) is 1.26. The molecule has 2 aliphatic rings. The summed E-state index contributed by atoms with van der Waals surface area (Å²) in [6.07, 6.45) is 6.21. The van der Waals surface area contributed by atoms with Gasteiger partial charge in [0.15, 0.2) is 0 Å². The fraction of sp³-hybridized carbons (Fsp3) is 1.00. The van der Waals surface area contributed by atoms with Crippen LogP contribution < -0.4 is 6.15 Å². The Kier molecular flexibility index (Phi) is 6.34. The number of likely N-dealkylation sites (tertiary alicyclic amines) is 1. The number of aliphatic hydroxyl groups excluding tert-OH is 1. The van der Waals surface area contributed by atoms with Crippen molar-refractivity contribution in [1.29, 1.82) is 0 Å². The van der Waals surface area contributed by atoms with Gasteiger partial charge < -0.3 is 16.2 Å². The summed E-state index contributed by atoms with van der Waals surface area (Å²) < 4.78 is 0. The third-order valence-electron chi connectivity index (χ3n) is 2.40. The van der Waals surface area contributed by atoms with Gasteiger partial charge in [0.25, 0.3) is 0 Å². The zero-order chi connectivity index (χ0) is 8.10. The van der Waals surface area contributed by atoms with Gasteiger partial charge in [0.05, 0.1) is 6.10 Å². The molecule has 3 heteroatoms. The minimum absolute atomic E-state index is 0. The van der Waals surface area contributed by atoms with Crippen LogP contribution in [-0.4, -0.2) is 36.2 Å². The maximum Gasteiger partial charge on any atom is 0.0540 e. The molecule has 2 rings (SSSR count). The van der Waals surface area contributed by atoms with Gasteiger partial charge >= 0.3 is 0 Å². The second-order valence-corrected chi connectivity index (χ2v) is 3.60. The largest absolute Gasteiger partial charge is 0.393 e. The Balaban J connectivity index is 0.000000189. The summed E-state index contributed by atoms with van der Waals surface area (Å²) in [6.45, 7) is 2.64. The zero-order valence-electron chi connectivity index (χ0n) is 8.13. The van der Waals surface area contributed by atoms with Gasteiger partial charge in [0.2, 0.25) is 0 Å². The molecule has 3 nitrogen and oxygen atoms in total. The molecule has 1 aliphatic heterocycles. The van der Waals surface area contributed by atoms with Gasteiger partial charge in [0, 0.05) is 0 Å². The third-order valence-corrected chi connectivity index (χ3v) is 2.40. The van der Waals surface area contributed by atoms with Crippen LogP contribution in [0.15, 0.2) is 0 Å². The van der Waals surface area contributed by atoms with Gasteiger partial charge in [-0.25, -0.2) is 0 Å². The summed E-state index contributed by atoms with van der Waals surface area (Å²) in [5.41, 5.74) is 0. The van der Waals surface area contributed by atoms with Crippen molar-refractivity contribution in [3.63, 3.8) is 0 Å². The average Bonchev–Trinajstić information content (AvgIpc) is 2.36. The van der Waals surface area contributed by atoms with E-state index < -0.39 is 0 Å². The van der Waals surface area contributed by atoms with Crippen molar-refractivity contribution in [3.05, 3.63) is 0 Å². The van der Waals surface area contributed by atoms with Gasteiger partial charge in [-0.1, -0.05) is 0 Å². The summed E-state index contributed by atoms with van der Waals surface area (Å²) in [5.74, 6) is 0. The maximum absolute atomic E-state index is 8.45. The van der Waals surface area contributed by atoms with Crippen molar-refractivity contribution in [3.8, 4) is 0 Å². The molecule has 74 valence electrons.